The summed E-state index contributed by atoms with van der Waals surface area (Å²) in [5.41, 5.74) is 1.11. The molecule has 0 aliphatic carbocycles. The first-order valence-electron chi connectivity index (χ1n) is 9.87. The van der Waals surface area contributed by atoms with E-state index in [9.17, 15) is 0 Å². The molecule has 1 saturated heterocycles. The molecule has 8 heteroatoms. The van der Waals surface area contributed by atoms with Crippen LogP contribution in [-0.4, -0.2) is 60.4 Å². The maximum atomic E-state index is 5.60. The van der Waals surface area contributed by atoms with Crippen LogP contribution in [0.4, 0.5) is 5.82 Å². The molecule has 0 saturated carbocycles. The maximum Gasteiger partial charge on any atom is 0.169 e. The molecule has 1 N–H and O–H groups in total. The van der Waals surface area contributed by atoms with E-state index < -0.39 is 0 Å². The van der Waals surface area contributed by atoms with Crippen molar-refractivity contribution < 1.29 is 9.47 Å². The van der Waals surface area contributed by atoms with Gasteiger partial charge in [-0.25, -0.2) is 4.98 Å². The number of benzene rings is 1. The van der Waals surface area contributed by atoms with Crippen LogP contribution in [0.1, 0.15) is 5.56 Å². The van der Waals surface area contributed by atoms with E-state index in [4.69, 9.17) is 21.7 Å². The Hall–Kier alpha value is -3.13. The molecule has 2 aromatic heterocycles. The number of ether oxygens (including phenoxy) is 2. The van der Waals surface area contributed by atoms with Gasteiger partial charge in [-0.2, -0.15) is 0 Å². The van der Waals surface area contributed by atoms with Gasteiger partial charge in [-0.15, -0.1) is 0 Å². The molecule has 1 fully saturated rings. The van der Waals surface area contributed by atoms with Gasteiger partial charge in [-0.1, -0.05) is 6.07 Å². The summed E-state index contributed by atoms with van der Waals surface area (Å²) in [6.45, 7) is 4.04. The fraction of sp³-hybridized carbons (Fsp3) is 0.318. The average molecular weight is 424 g/mol. The van der Waals surface area contributed by atoms with Crippen LogP contribution in [0.2, 0.25) is 0 Å². The molecule has 0 spiro atoms. The normalized spacial score (nSPS) is 13.9. The SMILES string of the molecule is COc1cc2ccnc(N3CCN(C(=S)NCc4cccnc4)CC3)c2cc1OC. The van der Waals surface area contributed by atoms with Gasteiger partial charge in [0.05, 0.1) is 14.2 Å². The molecule has 1 aliphatic heterocycles. The second kappa shape index (κ2) is 9.13. The van der Waals surface area contributed by atoms with Crippen molar-refractivity contribution in [3.05, 3.63) is 54.5 Å². The van der Waals surface area contributed by atoms with Crippen LogP contribution in [0.25, 0.3) is 10.8 Å². The van der Waals surface area contributed by atoms with Crippen molar-refractivity contribution in [2.45, 2.75) is 6.54 Å². The summed E-state index contributed by atoms with van der Waals surface area (Å²) in [7, 11) is 3.30. The molecule has 0 bridgehead atoms. The van der Waals surface area contributed by atoms with Gasteiger partial charge in [0.15, 0.2) is 16.6 Å². The minimum atomic E-state index is 0.680. The molecule has 30 heavy (non-hydrogen) atoms. The highest BCUT2D eigenvalue weighted by Gasteiger charge is 2.22. The van der Waals surface area contributed by atoms with E-state index in [1.807, 2.05) is 42.7 Å². The van der Waals surface area contributed by atoms with Gasteiger partial charge in [0, 0.05) is 56.7 Å². The third kappa shape index (κ3) is 4.23. The Morgan fingerprint density at radius 3 is 2.53 bits per heavy atom. The van der Waals surface area contributed by atoms with Gasteiger partial charge >= 0.3 is 0 Å². The Bertz CT molecular complexity index is 1020. The molecule has 3 aromatic rings. The number of anilines is 1. The van der Waals surface area contributed by atoms with Crippen molar-refractivity contribution >= 4 is 33.9 Å². The zero-order valence-corrected chi connectivity index (χ0v) is 18.0. The summed E-state index contributed by atoms with van der Waals surface area (Å²) >= 11 is 5.60. The van der Waals surface area contributed by atoms with Crippen LogP contribution in [0, 0.1) is 0 Å². The van der Waals surface area contributed by atoms with E-state index in [2.05, 4.69) is 25.1 Å². The summed E-state index contributed by atoms with van der Waals surface area (Å²) in [4.78, 5) is 13.3. The summed E-state index contributed by atoms with van der Waals surface area (Å²) in [5, 5.41) is 6.24. The average Bonchev–Trinajstić information content (AvgIpc) is 2.82. The summed E-state index contributed by atoms with van der Waals surface area (Å²) in [5.74, 6) is 2.39. The summed E-state index contributed by atoms with van der Waals surface area (Å²) in [6, 6.07) is 9.96. The summed E-state index contributed by atoms with van der Waals surface area (Å²) in [6.07, 6.45) is 5.47. The molecule has 0 radical (unpaired) electrons. The Balaban J connectivity index is 1.43. The number of methoxy groups -OCH3 is 2. The molecule has 0 atom stereocenters. The minimum Gasteiger partial charge on any atom is -0.493 e. The van der Waals surface area contributed by atoms with Crippen LogP contribution >= 0.6 is 12.2 Å². The lowest BCUT2D eigenvalue weighted by atomic mass is 10.1. The maximum absolute atomic E-state index is 5.60. The molecule has 0 amide bonds. The highest BCUT2D eigenvalue weighted by Crippen LogP contribution is 2.35. The first-order valence-corrected chi connectivity index (χ1v) is 10.3. The second-order valence-electron chi connectivity index (χ2n) is 7.06. The molecule has 7 nitrogen and oxygen atoms in total. The van der Waals surface area contributed by atoms with Crippen LogP contribution in [0.3, 0.4) is 0 Å². The van der Waals surface area contributed by atoms with Gasteiger partial charge in [-0.05, 0) is 47.4 Å². The lowest BCUT2D eigenvalue weighted by molar-refractivity contribution is 0.356. The predicted molar refractivity (Wildman–Crippen MR) is 122 cm³/mol. The number of piperazine rings is 1. The molecule has 156 valence electrons. The lowest BCUT2D eigenvalue weighted by Crippen LogP contribution is -2.51. The quantitative estimate of drug-likeness (QED) is 0.629. The number of hydrogen-bond acceptors (Lipinski definition) is 6. The number of aromatic nitrogens is 2. The van der Waals surface area contributed by atoms with Crippen LogP contribution in [0.15, 0.2) is 48.9 Å². The number of fused-ring (bicyclic) bond motifs is 1. The standard InChI is InChI=1S/C22H25N5O2S/c1-28-19-12-17-5-7-24-21(18(17)13-20(19)29-2)26-8-10-27(11-9-26)22(30)25-15-16-4-3-6-23-14-16/h3-7,12-14H,8-11,15H2,1-2H3,(H,25,30). The van der Waals surface area contributed by atoms with Crippen LogP contribution < -0.4 is 19.7 Å². The lowest BCUT2D eigenvalue weighted by Gasteiger charge is -2.37. The van der Waals surface area contributed by atoms with E-state index in [1.165, 1.54) is 0 Å². The van der Waals surface area contributed by atoms with E-state index in [1.54, 1.807) is 20.4 Å². The zero-order valence-electron chi connectivity index (χ0n) is 17.2. The number of pyridine rings is 2. The zero-order chi connectivity index (χ0) is 20.9. The highest BCUT2D eigenvalue weighted by molar-refractivity contribution is 7.80. The first-order chi connectivity index (χ1) is 14.7. The fourth-order valence-electron chi connectivity index (χ4n) is 3.65. The molecule has 3 heterocycles. The Morgan fingerprint density at radius 1 is 1.07 bits per heavy atom. The van der Waals surface area contributed by atoms with E-state index in [-0.39, 0.29) is 0 Å². The van der Waals surface area contributed by atoms with Gasteiger partial charge in [0.2, 0.25) is 0 Å². The number of nitrogens with zero attached hydrogens (tertiary/aromatic N) is 4. The Morgan fingerprint density at radius 2 is 1.83 bits per heavy atom. The minimum absolute atomic E-state index is 0.680. The molecular weight excluding hydrogens is 398 g/mol. The second-order valence-corrected chi connectivity index (χ2v) is 7.44. The number of rotatable bonds is 5. The van der Waals surface area contributed by atoms with Crippen molar-refractivity contribution in [1.82, 2.24) is 20.2 Å². The van der Waals surface area contributed by atoms with Crippen LogP contribution in [-0.2, 0) is 6.54 Å². The highest BCUT2D eigenvalue weighted by atomic mass is 32.1. The van der Waals surface area contributed by atoms with Gasteiger partial charge < -0.3 is 24.6 Å². The van der Waals surface area contributed by atoms with Crippen LogP contribution in [0.5, 0.6) is 11.5 Å². The molecule has 1 aromatic carbocycles. The molecule has 1 aliphatic rings. The van der Waals surface area contributed by atoms with Crippen molar-refractivity contribution in [2.75, 3.05) is 45.3 Å². The topological polar surface area (TPSA) is 62.8 Å². The molecule has 4 rings (SSSR count). The molecule has 0 unspecified atom stereocenters. The smallest absolute Gasteiger partial charge is 0.169 e. The third-order valence-electron chi connectivity index (χ3n) is 5.28. The van der Waals surface area contributed by atoms with E-state index in [0.29, 0.717) is 12.3 Å². The van der Waals surface area contributed by atoms with Crippen molar-refractivity contribution in [3.63, 3.8) is 0 Å². The monoisotopic (exact) mass is 423 g/mol. The van der Waals surface area contributed by atoms with Gasteiger partial charge in [0.25, 0.3) is 0 Å². The number of nitrogens with one attached hydrogen (secondary N) is 1. The van der Waals surface area contributed by atoms with E-state index in [0.717, 1.165) is 59.2 Å². The summed E-state index contributed by atoms with van der Waals surface area (Å²) < 4.78 is 10.9. The van der Waals surface area contributed by atoms with Crippen molar-refractivity contribution in [2.24, 2.45) is 0 Å². The first kappa shape index (κ1) is 20.2. The Kier molecular flexibility index (Phi) is 6.13. The third-order valence-corrected chi connectivity index (χ3v) is 5.68. The fourth-order valence-corrected chi connectivity index (χ4v) is 3.90. The van der Waals surface area contributed by atoms with E-state index >= 15 is 0 Å². The number of thiocarbonyl (C=S) groups is 1. The van der Waals surface area contributed by atoms with Gasteiger partial charge in [0.1, 0.15) is 5.82 Å². The van der Waals surface area contributed by atoms with Gasteiger partial charge in [-0.3, -0.25) is 4.98 Å². The van der Waals surface area contributed by atoms with Crippen molar-refractivity contribution in [1.29, 1.82) is 0 Å². The largest absolute Gasteiger partial charge is 0.493 e. The number of hydrogen-bond donors (Lipinski definition) is 1. The molecular formula is C22H25N5O2S. The van der Waals surface area contributed by atoms with Crippen molar-refractivity contribution in [3.8, 4) is 11.5 Å². The predicted octanol–water partition coefficient (Wildman–Crippen LogP) is 2.84. The Labute approximate surface area is 181 Å².